The third kappa shape index (κ3) is 6.22. The number of rotatable bonds is 7. The van der Waals surface area contributed by atoms with Crippen LogP contribution in [0.2, 0.25) is 0 Å². The lowest BCUT2D eigenvalue weighted by Crippen LogP contribution is -2.34. The molecule has 0 fully saturated rings. The molecule has 0 spiro atoms. The Balaban J connectivity index is 1.75. The van der Waals surface area contributed by atoms with Crippen LogP contribution in [-0.2, 0) is 19.6 Å². The Bertz CT molecular complexity index is 724. The van der Waals surface area contributed by atoms with Gasteiger partial charge in [0.25, 0.3) is 5.91 Å². The molecule has 26 heavy (non-hydrogen) atoms. The standard InChI is InChI=1S/C20H26N4O2/c1-21-19(25)18-10-8-16(9-11-18)13-23-20(26)22-12-15-4-6-17(7-5-15)14-24(2)3/h4-11H,12-14H2,1-3H3,(H,21,25)(H2,22,23,26). The van der Waals surface area contributed by atoms with Crippen molar-refractivity contribution in [1.29, 1.82) is 0 Å². The summed E-state index contributed by atoms with van der Waals surface area (Å²) in [6.45, 7) is 1.78. The van der Waals surface area contributed by atoms with E-state index in [1.54, 1.807) is 19.2 Å². The molecule has 138 valence electrons. The van der Waals surface area contributed by atoms with E-state index in [4.69, 9.17) is 0 Å². The van der Waals surface area contributed by atoms with E-state index in [0.717, 1.165) is 17.7 Å². The van der Waals surface area contributed by atoms with Crippen molar-refractivity contribution in [2.45, 2.75) is 19.6 Å². The molecule has 3 N–H and O–H groups in total. The van der Waals surface area contributed by atoms with E-state index >= 15 is 0 Å². The smallest absolute Gasteiger partial charge is 0.315 e. The highest BCUT2D eigenvalue weighted by molar-refractivity contribution is 5.93. The number of carbonyl (C=O) groups is 2. The Kier molecular flexibility index (Phi) is 7.17. The summed E-state index contributed by atoms with van der Waals surface area (Å²) < 4.78 is 0. The fourth-order valence-electron chi connectivity index (χ4n) is 2.47. The van der Waals surface area contributed by atoms with Gasteiger partial charge in [0, 0.05) is 32.2 Å². The van der Waals surface area contributed by atoms with Crippen LogP contribution in [0.15, 0.2) is 48.5 Å². The van der Waals surface area contributed by atoms with E-state index in [1.807, 2.05) is 38.4 Å². The minimum atomic E-state index is -0.224. The molecule has 0 heterocycles. The molecular weight excluding hydrogens is 328 g/mol. The fourth-order valence-corrected chi connectivity index (χ4v) is 2.47. The molecule has 6 heteroatoms. The van der Waals surface area contributed by atoms with Gasteiger partial charge in [0.15, 0.2) is 0 Å². The van der Waals surface area contributed by atoms with Crippen LogP contribution in [0.25, 0.3) is 0 Å². The van der Waals surface area contributed by atoms with Crippen molar-refractivity contribution in [3.05, 3.63) is 70.8 Å². The van der Waals surface area contributed by atoms with Crippen molar-refractivity contribution in [3.63, 3.8) is 0 Å². The van der Waals surface area contributed by atoms with Gasteiger partial charge in [0.05, 0.1) is 0 Å². The number of nitrogens with one attached hydrogen (secondary N) is 3. The van der Waals surface area contributed by atoms with Crippen molar-refractivity contribution in [2.75, 3.05) is 21.1 Å². The summed E-state index contributed by atoms with van der Waals surface area (Å²) in [5.41, 5.74) is 3.82. The van der Waals surface area contributed by atoms with E-state index in [2.05, 4.69) is 33.0 Å². The van der Waals surface area contributed by atoms with Crippen LogP contribution in [0, 0.1) is 0 Å². The predicted molar refractivity (Wildman–Crippen MR) is 103 cm³/mol. The van der Waals surface area contributed by atoms with E-state index in [-0.39, 0.29) is 11.9 Å². The summed E-state index contributed by atoms with van der Waals surface area (Å²) in [5, 5.41) is 8.23. The lowest BCUT2D eigenvalue weighted by molar-refractivity contribution is 0.0963. The summed E-state index contributed by atoms with van der Waals surface area (Å²) in [4.78, 5) is 25.5. The fraction of sp³-hybridized carbons (Fsp3) is 0.300. The second kappa shape index (κ2) is 9.58. The van der Waals surface area contributed by atoms with Crippen LogP contribution < -0.4 is 16.0 Å². The summed E-state index contributed by atoms with van der Waals surface area (Å²) in [6.07, 6.45) is 0. The van der Waals surface area contributed by atoms with Gasteiger partial charge < -0.3 is 20.9 Å². The van der Waals surface area contributed by atoms with Gasteiger partial charge in [-0.25, -0.2) is 4.79 Å². The van der Waals surface area contributed by atoms with Gasteiger partial charge in [-0.2, -0.15) is 0 Å². The molecule has 0 bridgehead atoms. The first-order chi connectivity index (χ1) is 12.5. The molecular formula is C20H26N4O2. The Labute approximate surface area is 154 Å². The molecule has 0 saturated carbocycles. The number of nitrogens with zero attached hydrogens (tertiary/aromatic N) is 1. The molecule has 0 aliphatic carbocycles. The number of benzene rings is 2. The lowest BCUT2D eigenvalue weighted by atomic mass is 10.1. The molecule has 2 aromatic rings. The van der Waals surface area contributed by atoms with Crippen molar-refractivity contribution in [2.24, 2.45) is 0 Å². The number of amides is 3. The highest BCUT2D eigenvalue weighted by Gasteiger charge is 2.04. The van der Waals surface area contributed by atoms with Gasteiger partial charge in [-0.1, -0.05) is 36.4 Å². The maximum absolute atomic E-state index is 11.9. The maximum atomic E-state index is 11.9. The van der Waals surface area contributed by atoms with E-state index in [1.165, 1.54) is 5.56 Å². The van der Waals surface area contributed by atoms with Crippen LogP contribution in [0.3, 0.4) is 0 Å². The molecule has 2 aromatic carbocycles. The van der Waals surface area contributed by atoms with Gasteiger partial charge >= 0.3 is 6.03 Å². The Morgan fingerprint density at radius 1 is 0.808 bits per heavy atom. The highest BCUT2D eigenvalue weighted by Crippen LogP contribution is 2.06. The monoisotopic (exact) mass is 354 g/mol. The maximum Gasteiger partial charge on any atom is 0.315 e. The van der Waals surface area contributed by atoms with Crippen molar-refractivity contribution in [3.8, 4) is 0 Å². The zero-order valence-corrected chi connectivity index (χ0v) is 15.5. The quantitative estimate of drug-likeness (QED) is 0.713. The average molecular weight is 354 g/mol. The second-order valence-corrected chi connectivity index (χ2v) is 6.37. The summed E-state index contributed by atoms with van der Waals surface area (Å²) >= 11 is 0. The highest BCUT2D eigenvalue weighted by atomic mass is 16.2. The van der Waals surface area contributed by atoms with E-state index in [0.29, 0.717) is 18.7 Å². The van der Waals surface area contributed by atoms with Crippen LogP contribution in [0.1, 0.15) is 27.0 Å². The first-order valence-corrected chi connectivity index (χ1v) is 8.53. The van der Waals surface area contributed by atoms with E-state index < -0.39 is 0 Å². The van der Waals surface area contributed by atoms with Crippen LogP contribution >= 0.6 is 0 Å². The van der Waals surface area contributed by atoms with Crippen molar-refractivity contribution >= 4 is 11.9 Å². The predicted octanol–water partition coefficient (Wildman–Crippen LogP) is 2.11. The van der Waals surface area contributed by atoms with Crippen LogP contribution in [-0.4, -0.2) is 38.0 Å². The van der Waals surface area contributed by atoms with Crippen LogP contribution in [0.5, 0.6) is 0 Å². The molecule has 0 radical (unpaired) electrons. The molecule has 2 rings (SSSR count). The molecule has 6 nitrogen and oxygen atoms in total. The average Bonchev–Trinajstić information content (AvgIpc) is 2.65. The van der Waals surface area contributed by atoms with Gasteiger partial charge in [0.1, 0.15) is 0 Å². The molecule has 0 saturated heterocycles. The Hall–Kier alpha value is -2.86. The minimum absolute atomic E-state index is 0.126. The number of hydrogen-bond donors (Lipinski definition) is 3. The van der Waals surface area contributed by atoms with Gasteiger partial charge in [0.2, 0.25) is 0 Å². The molecule has 0 aliphatic rings. The SMILES string of the molecule is CNC(=O)c1ccc(CNC(=O)NCc2ccc(CN(C)C)cc2)cc1. The topological polar surface area (TPSA) is 73.5 Å². The van der Waals surface area contributed by atoms with Crippen LogP contribution in [0.4, 0.5) is 4.79 Å². The molecule has 0 atom stereocenters. The largest absolute Gasteiger partial charge is 0.355 e. The van der Waals surface area contributed by atoms with Crippen molar-refractivity contribution in [1.82, 2.24) is 20.9 Å². The number of hydrogen-bond acceptors (Lipinski definition) is 3. The minimum Gasteiger partial charge on any atom is -0.355 e. The molecule has 0 aliphatic heterocycles. The summed E-state index contributed by atoms with van der Waals surface area (Å²) in [6, 6.07) is 15.1. The Morgan fingerprint density at radius 3 is 1.73 bits per heavy atom. The normalized spacial score (nSPS) is 10.5. The van der Waals surface area contributed by atoms with Gasteiger partial charge in [-0.3, -0.25) is 4.79 Å². The molecule has 0 unspecified atom stereocenters. The lowest BCUT2D eigenvalue weighted by Gasteiger charge is -2.11. The van der Waals surface area contributed by atoms with Gasteiger partial charge in [-0.05, 0) is 42.9 Å². The summed E-state index contributed by atoms with van der Waals surface area (Å²) in [7, 11) is 5.66. The first-order valence-electron chi connectivity index (χ1n) is 8.53. The Morgan fingerprint density at radius 2 is 1.27 bits per heavy atom. The van der Waals surface area contributed by atoms with E-state index in [9.17, 15) is 9.59 Å². The van der Waals surface area contributed by atoms with Crippen molar-refractivity contribution < 1.29 is 9.59 Å². The zero-order valence-electron chi connectivity index (χ0n) is 15.5. The summed E-state index contributed by atoms with van der Waals surface area (Å²) in [5.74, 6) is -0.126. The first kappa shape index (κ1) is 19.5. The van der Waals surface area contributed by atoms with Gasteiger partial charge in [-0.15, -0.1) is 0 Å². The molecule has 3 amide bonds. The third-order valence-electron chi connectivity index (χ3n) is 3.87. The second-order valence-electron chi connectivity index (χ2n) is 6.37. The zero-order chi connectivity index (χ0) is 18.9. The number of carbonyl (C=O) groups excluding carboxylic acids is 2. The number of urea groups is 1. The molecule has 0 aromatic heterocycles. The third-order valence-corrected chi connectivity index (χ3v) is 3.87.